The molecule has 3 N–H and O–H groups in total. The van der Waals surface area contributed by atoms with Crippen LogP contribution in [-0.2, 0) is 16.1 Å². The van der Waals surface area contributed by atoms with Gasteiger partial charge in [-0.15, -0.1) is 0 Å². The Labute approximate surface area is 135 Å². The zero-order valence-corrected chi connectivity index (χ0v) is 12.7. The van der Waals surface area contributed by atoms with Crippen molar-refractivity contribution in [3.63, 3.8) is 0 Å². The number of carbonyl (C=O) groups is 2. The van der Waals surface area contributed by atoms with Gasteiger partial charge in [-0.05, 0) is 25.5 Å². The van der Waals surface area contributed by atoms with Gasteiger partial charge in [-0.3, -0.25) is 0 Å². The lowest BCUT2D eigenvalue weighted by Crippen LogP contribution is -2.29. The number of carboxylic acid groups (broad SMARTS) is 2. The minimum atomic E-state index is -5.08. The SMILES string of the molecule is CC1CC(NCc2cccc(C(=O)O)n2)CO1.O=C(O)C(F)(F)F. The Kier molecular flexibility index (Phi) is 7.11. The van der Waals surface area contributed by atoms with Crippen LogP contribution in [-0.4, -0.2) is 52.1 Å². The van der Waals surface area contributed by atoms with Crippen molar-refractivity contribution >= 4 is 11.9 Å². The fraction of sp³-hybridized carbons (Fsp3) is 0.500. The third-order valence-electron chi connectivity index (χ3n) is 3.04. The van der Waals surface area contributed by atoms with Crippen molar-refractivity contribution in [1.82, 2.24) is 10.3 Å². The summed E-state index contributed by atoms with van der Waals surface area (Å²) in [6.07, 6.45) is -3.80. The number of pyridine rings is 1. The summed E-state index contributed by atoms with van der Waals surface area (Å²) in [6, 6.07) is 5.35. The summed E-state index contributed by atoms with van der Waals surface area (Å²) in [5.41, 5.74) is 0.824. The Bertz CT molecular complexity index is 580. The number of carboxylic acids is 2. The van der Waals surface area contributed by atoms with E-state index in [0.29, 0.717) is 25.3 Å². The molecule has 2 rings (SSSR count). The van der Waals surface area contributed by atoms with E-state index in [1.165, 1.54) is 6.07 Å². The van der Waals surface area contributed by atoms with E-state index < -0.39 is 18.1 Å². The molecule has 0 spiro atoms. The first-order valence-corrected chi connectivity index (χ1v) is 6.94. The van der Waals surface area contributed by atoms with Gasteiger partial charge in [-0.25, -0.2) is 14.6 Å². The van der Waals surface area contributed by atoms with Crippen molar-refractivity contribution in [3.05, 3.63) is 29.6 Å². The molecule has 0 amide bonds. The van der Waals surface area contributed by atoms with Crippen molar-refractivity contribution < 1.29 is 37.7 Å². The van der Waals surface area contributed by atoms with Crippen molar-refractivity contribution in [3.8, 4) is 0 Å². The van der Waals surface area contributed by atoms with E-state index in [1.807, 2.05) is 13.0 Å². The van der Waals surface area contributed by atoms with Gasteiger partial charge in [0.25, 0.3) is 0 Å². The normalized spacial score (nSPS) is 20.2. The monoisotopic (exact) mass is 350 g/mol. The Morgan fingerprint density at radius 1 is 1.38 bits per heavy atom. The predicted octanol–water partition coefficient (Wildman–Crippen LogP) is 1.68. The van der Waals surface area contributed by atoms with E-state index in [-0.39, 0.29) is 5.69 Å². The molecule has 0 bridgehead atoms. The highest BCUT2D eigenvalue weighted by atomic mass is 19.4. The predicted molar refractivity (Wildman–Crippen MR) is 75.5 cm³/mol. The van der Waals surface area contributed by atoms with Crippen LogP contribution in [0.5, 0.6) is 0 Å². The second-order valence-electron chi connectivity index (χ2n) is 5.08. The second kappa shape index (κ2) is 8.60. The number of ether oxygens (including phenoxy) is 1. The van der Waals surface area contributed by atoms with Crippen molar-refractivity contribution in [1.29, 1.82) is 0 Å². The summed E-state index contributed by atoms with van der Waals surface area (Å²) in [6.45, 7) is 3.33. The molecular formula is C14H17F3N2O5. The lowest BCUT2D eigenvalue weighted by atomic mass is 10.2. The van der Waals surface area contributed by atoms with Gasteiger partial charge in [0.1, 0.15) is 5.69 Å². The summed E-state index contributed by atoms with van der Waals surface area (Å²) < 4.78 is 37.2. The Balaban J connectivity index is 0.000000351. The van der Waals surface area contributed by atoms with Crippen LogP contribution in [0.4, 0.5) is 13.2 Å². The molecule has 2 atom stereocenters. The van der Waals surface area contributed by atoms with Crippen molar-refractivity contribution in [2.24, 2.45) is 0 Å². The zero-order chi connectivity index (χ0) is 18.3. The second-order valence-corrected chi connectivity index (χ2v) is 5.08. The van der Waals surface area contributed by atoms with E-state index in [1.54, 1.807) is 6.07 Å². The highest BCUT2D eigenvalue weighted by molar-refractivity contribution is 5.85. The van der Waals surface area contributed by atoms with Gasteiger partial charge in [-0.1, -0.05) is 6.07 Å². The van der Waals surface area contributed by atoms with Gasteiger partial charge >= 0.3 is 18.1 Å². The molecule has 0 radical (unpaired) electrons. The van der Waals surface area contributed by atoms with E-state index >= 15 is 0 Å². The quantitative estimate of drug-likeness (QED) is 0.758. The van der Waals surface area contributed by atoms with Crippen LogP contribution in [0.15, 0.2) is 18.2 Å². The Hall–Kier alpha value is -2.20. The number of aliphatic carboxylic acids is 1. The maximum absolute atomic E-state index is 10.8. The molecule has 0 saturated carbocycles. The lowest BCUT2D eigenvalue weighted by Gasteiger charge is -2.10. The molecule has 0 aromatic carbocycles. The molecule has 2 unspecified atom stereocenters. The Morgan fingerprint density at radius 2 is 2.00 bits per heavy atom. The van der Waals surface area contributed by atoms with Crippen LogP contribution in [0, 0.1) is 0 Å². The number of hydrogen-bond donors (Lipinski definition) is 3. The molecule has 134 valence electrons. The summed E-state index contributed by atoms with van der Waals surface area (Å²) >= 11 is 0. The summed E-state index contributed by atoms with van der Waals surface area (Å²) in [4.78, 5) is 23.7. The minimum absolute atomic E-state index is 0.0836. The smallest absolute Gasteiger partial charge is 0.477 e. The molecule has 1 fully saturated rings. The summed E-state index contributed by atoms with van der Waals surface area (Å²) in [7, 11) is 0. The van der Waals surface area contributed by atoms with Crippen molar-refractivity contribution in [2.45, 2.75) is 38.2 Å². The number of nitrogens with zero attached hydrogens (tertiary/aromatic N) is 1. The number of rotatable bonds is 4. The van der Waals surface area contributed by atoms with E-state index in [0.717, 1.165) is 12.1 Å². The minimum Gasteiger partial charge on any atom is -0.477 e. The molecule has 2 heterocycles. The fourth-order valence-corrected chi connectivity index (χ4v) is 1.91. The first-order valence-electron chi connectivity index (χ1n) is 6.94. The van der Waals surface area contributed by atoms with Gasteiger partial charge in [0, 0.05) is 12.6 Å². The molecule has 1 aliphatic rings. The molecule has 1 aliphatic heterocycles. The molecule has 1 aromatic heterocycles. The third kappa shape index (κ3) is 6.92. The van der Waals surface area contributed by atoms with E-state index in [4.69, 9.17) is 19.7 Å². The molecule has 1 aromatic rings. The molecule has 7 nitrogen and oxygen atoms in total. The van der Waals surface area contributed by atoms with Crippen LogP contribution in [0.1, 0.15) is 29.5 Å². The summed E-state index contributed by atoms with van der Waals surface area (Å²) in [5.74, 6) is -3.75. The lowest BCUT2D eigenvalue weighted by molar-refractivity contribution is -0.192. The topological polar surface area (TPSA) is 109 Å². The number of nitrogens with one attached hydrogen (secondary N) is 1. The first-order chi connectivity index (χ1) is 11.1. The van der Waals surface area contributed by atoms with Crippen LogP contribution < -0.4 is 5.32 Å². The van der Waals surface area contributed by atoms with Gasteiger partial charge in [-0.2, -0.15) is 13.2 Å². The molecule has 10 heteroatoms. The summed E-state index contributed by atoms with van der Waals surface area (Å²) in [5, 5.41) is 19.3. The van der Waals surface area contributed by atoms with Crippen molar-refractivity contribution in [2.75, 3.05) is 6.61 Å². The highest BCUT2D eigenvalue weighted by Crippen LogP contribution is 2.13. The standard InChI is InChI=1S/C12H16N2O3.C2HF3O2/c1-8-5-10(7-17-8)13-6-9-3-2-4-11(14-9)12(15)16;3-2(4,5)1(6)7/h2-4,8,10,13H,5-7H2,1H3,(H,15,16);(H,6,7). The third-order valence-corrected chi connectivity index (χ3v) is 3.04. The van der Waals surface area contributed by atoms with Gasteiger partial charge in [0.2, 0.25) is 0 Å². The number of alkyl halides is 3. The number of aromatic nitrogens is 1. The number of aromatic carboxylic acids is 1. The van der Waals surface area contributed by atoms with Crippen LogP contribution >= 0.6 is 0 Å². The van der Waals surface area contributed by atoms with E-state index in [9.17, 15) is 18.0 Å². The Morgan fingerprint density at radius 3 is 2.46 bits per heavy atom. The maximum atomic E-state index is 10.8. The molecule has 0 aliphatic carbocycles. The van der Waals surface area contributed by atoms with Crippen LogP contribution in [0.3, 0.4) is 0 Å². The zero-order valence-electron chi connectivity index (χ0n) is 12.7. The maximum Gasteiger partial charge on any atom is 0.490 e. The highest BCUT2D eigenvalue weighted by Gasteiger charge is 2.38. The number of halogens is 3. The number of hydrogen-bond acceptors (Lipinski definition) is 5. The fourth-order valence-electron chi connectivity index (χ4n) is 1.91. The molecule has 1 saturated heterocycles. The van der Waals surface area contributed by atoms with Gasteiger partial charge in [0.15, 0.2) is 0 Å². The van der Waals surface area contributed by atoms with Crippen LogP contribution in [0.2, 0.25) is 0 Å². The largest absolute Gasteiger partial charge is 0.490 e. The van der Waals surface area contributed by atoms with E-state index in [2.05, 4.69) is 10.3 Å². The van der Waals surface area contributed by atoms with Gasteiger partial charge in [0.05, 0.1) is 18.4 Å². The van der Waals surface area contributed by atoms with Gasteiger partial charge < -0.3 is 20.3 Å². The average molecular weight is 350 g/mol. The molecular weight excluding hydrogens is 333 g/mol. The molecule has 24 heavy (non-hydrogen) atoms. The average Bonchev–Trinajstić information content (AvgIpc) is 2.91. The first kappa shape index (κ1) is 19.8. The van der Waals surface area contributed by atoms with Crippen LogP contribution in [0.25, 0.3) is 0 Å².